The van der Waals surface area contributed by atoms with Crippen LogP contribution in [0.5, 0.6) is 11.5 Å². The maximum Gasteiger partial charge on any atom is 0.161 e. The molecule has 0 radical (unpaired) electrons. The second kappa shape index (κ2) is 8.11. The minimum absolute atomic E-state index is 0.129. The highest BCUT2D eigenvalue weighted by Gasteiger charge is 2.26. The summed E-state index contributed by atoms with van der Waals surface area (Å²) in [6, 6.07) is 11.0. The number of hydrogen-bond donors (Lipinski definition) is 2. The number of hydrogen-bond acceptors (Lipinski definition) is 3. The van der Waals surface area contributed by atoms with Gasteiger partial charge in [-0.2, -0.15) is 0 Å². The van der Waals surface area contributed by atoms with E-state index in [1.54, 1.807) is 7.11 Å². The molecule has 0 saturated heterocycles. The average Bonchev–Trinajstić information content (AvgIpc) is 3.06. The van der Waals surface area contributed by atoms with Crippen molar-refractivity contribution in [2.75, 3.05) is 20.3 Å². The van der Waals surface area contributed by atoms with E-state index in [0.29, 0.717) is 12.5 Å². The molecular formula is C25H32N2O2. The van der Waals surface area contributed by atoms with Crippen molar-refractivity contribution in [2.45, 2.75) is 46.6 Å². The maximum atomic E-state index is 5.97. The third-order valence-corrected chi connectivity index (χ3v) is 5.86. The molecule has 1 atom stereocenters. The first-order valence-electron chi connectivity index (χ1n) is 10.6. The van der Waals surface area contributed by atoms with Gasteiger partial charge < -0.3 is 19.8 Å². The lowest BCUT2D eigenvalue weighted by molar-refractivity contribution is 0.272. The highest BCUT2D eigenvalue weighted by Crippen LogP contribution is 2.38. The van der Waals surface area contributed by atoms with E-state index in [9.17, 15) is 0 Å². The average molecular weight is 393 g/mol. The van der Waals surface area contributed by atoms with Crippen LogP contribution in [0.4, 0.5) is 0 Å². The van der Waals surface area contributed by atoms with Crippen molar-refractivity contribution in [3.63, 3.8) is 0 Å². The molecule has 0 saturated carbocycles. The van der Waals surface area contributed by atoms with Gasteiger partial charge in [0.25, 0.3) is 0 Å². The van der Waals surface area contributed by atoms with Crippen LogP contribution in [0.15, 0.2) is 30.3 Å². The molecule has 1 aromatic heterocycles. The Hall–Kier alpha value is -2.46. The predicted molar refractivity (Wildman–Crippen MR) is 119 cm³/mol. The van der Waals surface area contributed by atoms with Crippen LogP contribution in [0, 0.1) is 19.8 Å². The Kier molecular flexibility index (Phi) is 5.55. The van der Waals surface area contributed by atoms with Gasteiger partial charge in [0.15, 0.2) is 11.5 Å². The molecule has 0 aliphatic carbocycles. The largest absolute Gasteiger partial charge is 0.493 e. The number of rotatable bonds is 6. The minimum atomic E-state index is 0.129. The van der Waals surface area contributed by atoms with Crippen LogP contribution in [0.1, 0.15) is 54.3 Å². The number of aryl methyl sites for hydroxylation is 2. The lowest BCUT2D eigenvalue weighted by Crippen LogP contribution is -2.30. The zero-order chi connectivity index (χ0) is 20.5. The topological polar surface area (TPSA) is 46.3 Å². The molecule has 0 fully saturated rings. The van der Waals surface area contributed by atoms with Crippen molar-refractivity contribution >= 4 is 10.9 Å². The first-order valence-corrected chi connectivity index (χ1v) is 10.6. The van der Waals surface area contributed by atoms with Crippen LogP contribution in [-0.4, -0.2) is 25.2 Å². The lowest BCUT2D eigenvalue weighted by Gasteiger charge is -2.25. The molecule has 29 heavy (non-hydrogen) atoms. The smallest absolute Gasteiger partial charge is 0.161 e. The number of methoxy groups -OCH3 is 1. The highest BCUT2D eigenvalue weighted by molar-refractivity contribution is 5.89. The molecule has 0 amide bonds. The van der Waals surface area contributed by atoms with E-state index in [1.807, 2.05) is 6.07 Å². The van der Waals surface area contributed by atoms with Gasteiger partial charge in [0, 0.05) is 23.1 Å². The number of H-pyrrole nitrogens is 1. The Morgan fingerprint density at radius 1 is 1.10 bits per heavy atom. The maximum absolute atomic E-state index is 5.97. The summed E-state index contributed by atoms with van der Waals surface area (Å²) in [5.41, 5.74) is 7.79. The van der Waals surface area contributed by atoms with Gasteiger partial charge in [0.1, 0.15) is 0 Å². The number of fused-ring (bicyclic) bond motifs is 3. The Morgan fingerprint density at radius 2 is 1.93 bits per heavy atom. The Labute approximate surface area is 173 Å². The summed E-state index contributed by atoms with van der Waals surface area (Å²) in [4.78, 5) is 3.71. The summed E-state index contributed by atoms with van der Waals surface area (Å²) >= 11 is 0. The number of aromatic nitrogens is 1. The minimum Gasteiger partial charge on any atom is -0.493 e. The summed E-state index contributed by atoms with van der Waals surface area (Å²) in [5.74, 6) is 2.23. The van der Waals surface area contributed by atoms with Crippen molar-refractivity contribution < 1.29 is 9.47 Å². The standard InChI is InChI=1S/C25H32N2O2/c1-15(2)9-11-29-21-7-6-18(14-22(21)28-5)24-25-19(8-10-26-24)23-17(4)12-16(3)13-20(23)27-25/h6-7,12-15,24,26-27H,8-11H2,1-5H3. The second-order valence-electron chi connectivity index (χ2n) is 8.60. The van der Waals surface area contributed by atoms with Crippen molar-refractivity contribution in [2.24, 2.45) is 5.92 Å². The summed E-state index contributed by atoms with van der Waals surface area (Å²) in [5, 5.41) is 5.07. The van der Waals surface area contributed by atoms with Gasteiger partial charge in [0.05, 0.1) is 19.8 Å². The zero-order valence-corrected chi connectivity index (χ0v) is 18.2. The predicted octanol–water partition coefficient (Wildman–Crippen LogP) is 5.45. The van der Waals surface area contributed by atoms with Gasteiger partial charge in [-0.1, -0.05) is 26.0 Å². The van der Waals surface area contributed by atoms with Gasteiger partial charge in [-0.25, -0.2) is 0 Å². The SMILES string of the molecule is COc1cc(C2NCCc3c2[nH]c2cc(C)cc(C)c32)ccc1OCCC(C)C. The normalized spacial score (nSPS) is 16.3. The molecule has 4 rings (SSSR count). The molecule has 1 aliphatic rings. The van der Waals surface area contributed by atoms with E-state index < -0.39 is 0 Å². The van der Waals surface area contributed by atoms with Crippen LogP contribution in [0.3, 0.4) is 0 Å². The molecule has 0 bridgehead atoms. The molecule has 2 N–H and O–H groups in total. The fourth-order valence-electron chi connectivity index (χ4n) is 4.44. The zero-order valence-electron chi connectivity index (χ0n) is 18.2. The Morgan fingerprint density at radius 3 is 2.69 bits per heavy atom. The van der Waals surface area contributed by atoms with E-state index in [-0.39, 0.29) is 6.04 Å². The monoisotopic (exact) mass is 392 g/mol. The third-order valence-electron chi connectivity index (χ3n) is 5.86. The summed E-state index contributed by atoms with van der Waals surface area (Å²) in [7, 11) is 1.71. The summed E-state index contributed by atoms with van der Waals surface area (Å²) in [6.45, 7) is 10.5. The van der Waals surface area contributed by atoms with Crippen molar-refractivity contribution in [1.29, 1.82) is 0 Å². The molecule has 4 nitrogen and oxygen atoms in total. The van der Waals surface area contributed by atoms with E-state index in [2.05, 4.69) is 62.3 Å². The molecular weight excluding hydrogens is 360 g/mol. The first-order chi connectivity index (χ1) is 14.0. The van der Waals surface area contributed by atoms with Gasteiger partial charge in [-0.05, 0) is 73.1 Å². The van der Waals surface area contributed by atoms with Crippen molar-refractivity contribution in [1.82, 2.24) is 10.3 Å². The van der Waals surface area contributed by atoms with E-state index in [0.717, 1.165) is 30.9 Å². The molecule has 2 heterocycles. The van der Waals surface area contributed by atoms with Gasteiger partial charge in [-0.3, -0.25) is 0 Å². The van der Waals surface area contributed by atoms with Crippen molar-refractivity contribution in [3.05, 3.63) is 58.3 Å². The molecule has 1 aliphatic heterocycles. The van der Waals surface area contributed by atoms with E-state index >= 15 is 0 Å². The Balaban J connectivity index is 1.69. The van der Waals surface area contributed by atoms with Crippen LogP contribution < -0.4 is 14.8 Å². The van der Waals surface area contributed by atoms with Crippen molar-refractivity contribution in [3.8, 4) is 11.5 Å². The van der Waals surface area contributed by atoms with Crippen LogP contribution in [-0.2, 0) is 6.42 Å². The second-order valence-corrected chi connectivity index (χ2v) is 8.60. The number of nitrogens with one attached hydrogen (secondary N) is 2. The van der Waals surface area contributed by atoms with Gasteiger partial charge in [-0.15, -0.1) is 0 Å². The van der Waals surface area contributed by atoms with Gasteiger partial charge >= 0.3 is 0 Å². The van der Waals surface area contributed by atoms with Crippen LogP contribution in [0.25, 0.3) is 10.9 Å². The molecule has 3 aromatic rings. The lowest BCUT2D eigenvalue weighted by atomic mass is 9.92. The van der Waals surface area contributed by atoms with Gasteiger partial charge in [0.2, 0.25) is 0 Å². The molecule has 4 heteroatoms. The van der Waals surface area contributed by atoms with Crippen LogP contribution in [0.2, 0.25) is 0 Å². The Bertz CT molecular complexity index is 1020. The first kappa shape index (κ1) is 19.8. The summed E-state index contributed by atoms with van der Waals surface area (Å²) in [6.07, 6.45) is 2.08. The molecule has 1 unspecified atom stereocenters. The van der Waals surface area contributed by atoms with E-state index in [4.69, 9.17) is 9.47 Å². The molecule has 154 valence electrons. The highest BCUT2D eigenvalue weighted by atomic mass is 16.5. The quantitative estimate of drug-likeness (QED) is 0.586. The van der Waals surface area contributed by atoms with Crippen LogP contribution >= 0.6 is 0 Å². The molecule has 0 spiro atoms. The fraction of sp³-hybridized carbons (Fsp3) is 0.440. The number of benzene rings is 2. The fourth-order valence-corrected chi connectivity index (χ4v) is 4.44. The molecule has 2 aromatic carbocycles. The number of ether oxygens (including phenoxy) is 2. The van der Waals surface area contributed by atoms with E-state index in [1.165, 1.54) is 38.9 Å². The third kappa shape index (κ3) is 3.86. The summed E-state index contributed by atoms with van der Waals surface area (Å²) < 4.78 is 11.6. The number of aromatic amines is 1.